The van der Waals surface area contributed by atoms with E-state index in [0.29, 0.717) is 25.5 Å². The summed E-state index contributed by atoms with van der Waals surface area (Å²) in [7, 11) is 0. The lowest BCUT2D eigenvalue weighted by atomic mass is 9.88. The molecule has 4 nitrogen and oxygen atoms in total. The maximum atomic E-state index is 13.1. The molecule has 0 saturated carbocycles. The van der Waals surface area contributed by atoms with Gasteiger partial charge in [-0.05, 0) is 56.9 Å². The average Bonchev–Trinajstić information content (AvgIpc) is 2.97. The Labute approximate surface area is 141 Å². The van der Waals surface area contributed by atoms with Gasteiger partial charge in [-0.1, -0.05) is 6.92 Å². The van der Waals surface area contributed by atoms with E-state index in [1.165, 1.54) is 10.4 Å². The topological polar surface area (TPSA) is 46.6 Å². The van der Waals surface area contributed by atoms with E-state index in [-0.39, 0.29) is 11.9 Å². The highest BCUT2D eigenvalue weighted by Gasteiger charge is 2.35. The molecule has 2 heterocycles. The molecule has 2 atom stereocenters. The smallest absolute Gasteiger partial charge is 0.328 e. The first-order valence-electron chi connectivity index (χ1n) is 8.68. The van der Waals surface area contributed by atoms with Gasteiger partial charge in [0, 0.05) is 16.8 Å². The Balaban J connectivity index is 1.82. The molecule has 2 unspecified atom stereocenters. The van der Waals surface area contributed by atoms with Crippen LogP contribution in [0.2, 0.25) is 0 Å². The number of carbonyl (C=O) groups excluding carboxylic acids is 2. The molecule has 126 valence electrons. The van der Waals surface area contributed by atoms with E-state index in [9.17, 15) is 9.59 Å². The SMILES string of the molecule is CCOC(=O)C1CCCCN1C(=O)c1csc2c1CCC(C)C2. The van der Waals surface area contributed by atoms with Gasteiger partial charge in [0.1, 0.15) is 6.04 Å². The zero-order valence-corrected chi connectivity index (χ0v) is 14.8. The largest absolute Gasteiger partial charge is 0.464 e. The molecule has 0 bridgehead atoms. The monoisotopic (exact) mass is 335 g/mol. The lowest BCUT2D eigenvalue weighted by molar-refractivity contribution is -0.149. The number of hydrogen-bond donors (Lipinski definition) is 0. The van der Waals surface area contributed by atoms with Crippen molar-refractivity contribution in [3.63, 3.8) is 0 Å². The first kappa shape index (κ1) is 16.5. The van der Waals surface area contributed by atoms with Gasteiger partial charge in [-0.15, -0.1) is 11.3 Å². The number of fused-ring (bicyclic) bond motifs is 1. The summed E-state index contributed by atoms with van der Waals surface area (Å²) in [5.41, 5.74) is 2.05. The van der Waals surface area contributed by atoms with Crippen molar-refractivity contribution in [3.8, 4) is 0 Å². The summed E-state index contributed by atoms with van der Waals surface area (Å²) in [4.78, 5) is 28.4. The van der Waals surface area contributed by atoms with Gasteiger partial charge in [0.2, 0.25) is 0 Å². The van der Waals surface area contributed by atoms with E-state index >= 15 is 0 Å². The molecule has 0 spiro atoms. The second-order valence-electron chi connectivity index (χ2n) is 6.66. The van der Waals surface area contributed by atoms with Gasteiger partial charge in [0.25, 0.3) is 5.91 Å². The van der Waals surface area contributed by atoms with Crippen LogP contribution in [0, 0.1) is 5.92 Å². The molecule has 0 radical (unpaired) electrons. The summed E-state index contributed by atoms with van der Waals surface area (Å²) in [6.45, 7) is 5.10. The number of carbonyl (C=O) groups is 2. The van der Waals surface area contributed by atoms with E-state index in [1.54, 1.807) is 16.2 Å². The molecule has 0 N–H and O–H groups in total. The van der Waals surface area contributed by atoms with Crippen LogP contribution in [0.5, 0.6) is 0 Å². The highest BCUT2D eigenvalue weighted by Crippen LogP contribution is 2.34. The number of ether oxygens (including phenoxy) is 1. The fourth-order valence-corrected chi connectivity index (χ4v) is 4.91. The summed E-state index contributed by atoms with van der Waals surface area (Å²) in [6, 6.07) is -0.408. The zero-order chi connectivity index (χ0) is 16.4. The number of amides is 1. The Morgan fingerprint density at radius 3 is 2.96 bits per heavy atom. The molecule has 3 rings (SSSR count). The van der Waals surface area contributed by atoms with Crippen molar-refractivity contribution in [1.82, 2.24) is 4.90 Å². The summed E-state index contributed by atoms with van der Waals surface area (Å²) < 4.78 is 5.18. The molecule has 1 saturated heterocycles. The summed E-state index contributed by atoms with van der Waals surface area (Å²) in [5, 5.41) is 2.00. The van der Waals surface area contributed by atoms with Gasteiger partial charge < -0.3 is 9.64 Å². The Kier molecular flexibility index (Phi) is 5.05. The van der Waals surface area contributed by atoms with Crippen LogP contribution < -0.4 is 0 Å². The number of thiophene rings is 1. The minimum absolute atomic E-state index is 0.0230. The van der Waals surface area contributed by atoms with Crippen LogP contribution in [0.4, 0.5) is 0 Å². The van der Waals surface area contributed by atoms with E-state index < -0.39 is 6.04 Å². The van der Waals surface area contributed by atoms with Crippen LogP contribution in [0.25, 0.3) is 0 Å². The van der Waals surface area contributed by atoms with Gasteiger partial charge >= 0.3 is 5.97 Å². The predicted octanol–water partition coefficient (Wildman–Crippen LogP) is 3.43. The lowest BCUT2D eigenvalue weighted by Gasteiger charge is -2.34. The van der Waals surface area contributed by atoms with Crippen LogP contribution in [-0.2, 0) is 22.4 Å². The minimum Gasteiger partial charge on any atom is -0.464 e. The number of nitrogens with zero attached hydrogens (tertiary/aromatic N) is 1. The Bertz CT molecular complexity index is 595. The summed E-state index contributed by atoms with van der Waals surface area (Å²) in [6.07, 6.45) is 5.87. The fraction of sp³-hybridized carbons (Fsp3) is 0.667. The first-order valence-corrected chi connectivity index (χ1v) is 9.56. The molecule has 1 aliphatic carbocycles. The van der Waals surface area contributed by atoms with Gasteiger partial charge in [0.05, 0.1) is 12.2 Å². The molecule has 23 heavy (non-hydrogen) atoms. The van der Waals surface area contributed by atoms with Crippen molar-refractivity contribution < 1.29 is 14.3 Å². The Hall–Kier alpha value is -1.36. The fourth-order valence-electron chi connectivity index (χ4n) is 3.67. The third-order valence-electron chi connectivity index (χ3n) is 4.95. The standard InChI is InChI=1S/C18H25NO3S/c1-3-22-18(21)15-6-4-5-9-19(15)17(20)14-11-23-16-10-12(2)7-8-13(14)16/h11-12,15H,3-10H2,1-2H3. The molecule has 1 amide bonds. The summed E-state index contributed by atoms with van der Waals surface area (Å²) in [5.74, 6) is 0.472. The lowest BCUT2D eigenvalue weighted by Crippen LogP contribution is -2.48. The second kappa shape index (κ2) is 7.04. The highest BCUT2D eigenvalue weighted by atomic mass is 32.1. The van der Waals surface area contributed by atoms with E-state index in [4.69, 9.17) is 4.74 Å². The highest BCUT2D eigenvalue weighted by molar-refractivity contribution is 7.10. The molecule has 2 aliphatic rings. The van der Waals surface area contributed by atoms with Crippen LogP contribution >= 0.6 is 11.3 Å². The molecule has 1 aliphatic heterocycles. The quantitative estimate of drug-likeness (QED) is 0.795. The Morgan fingerprint density at radius 2 is 2.17 bits per heavy atom. The number of rotatable bonds is 3. The average molecular weight is 335 g/mol. The maximum Gasteiger partial charge on any atom is 0.328 e. The molecular formula is C18H25NO3S. The summed E-state index contributed by atoms with van der Waals surface area (Å²) >= 11 is 1.70. The molecule has 5 heteroatoms. The van der Waals surface area contributed by atoms with Crippen molar-refractivity contribution in [2.24, 2.45) is 5.92 Å². The van der Waals surface area contributed by atoms with Crippen LogP contribution in [0.15, 0.2) is 5.38 Å². The number of esters is 1. The van der Waals surface area contributed by atoms with Gasteiger partial charge in [0.15, 0.2) is 0 Å². The van der Waals surface area contributed by atoms with Crippen LogP contribution in [-0.4, -0.2) is 36.0 Å². The zero-order valence-electron chi connectivity index (χ0n) is 14.0. The van der Waals surface area contributed by atoms with E-state index in [1.807, 2.05) is 12.3 Å². The van der Waals surface area contributed by atoms with Crippen LogP contribution in [0.1, 0.15) is 60.3 Å². The van der Waals surface area contributed by atoms with Crippen molar-refractivity contribution in [2.45, 2.75) is 58.4 Å². The molecule has 0 aromatic carbocycles. The molecule has 1 aromatic heterocycles. The molecule has 1 fully saturated rings. The number of hydrogen-bond acceptors (Lipinski definition) is 4. The van der Waals surface area contributed by atoms with E-state index in [2.05, 4.69) is 6.92 Å². The minimum atomic E-state index is -0.408. The first-order chi connectivity index (χ1) is 11.1. The van der Waals surface area contributed by atoms with E-state index in [0.717, 1.165) is 37.7 Å². The second-order valence-corrected chi connectivity index (χ2v) is 7.63. The third kappa shape index (κ3) is 3.30. The number of likely N-dealkylation sites (tertiary alicyclic amines) is 1. The van der Waals surface area contributed by atoms with Gasteiger partial charge in [-0.3, -0.25) is 4.79 Å². The molecule has 1 aromatic rings. The van der Waals surface area contributed by atoms with Crippen molar-refractivity contribution >= 4 is 23.2 Å². The third-order valence-corrected chi connectivity index (χ3v) is 6.01. The van der Waals surface area contributed by atoms with Crippen molar-refractivity contribution in [3.05, 3.63) is 21.4 Å². The normalized spacial score (nSPS) is 24.2. The van der Waals surface area contributed by atoms with Crippen LogP contribution in [0.3, 0.4) is 0 Å². The van der Waals surface area contributed by atoms with Crippen molar-refractivity contribution in [1.29, 1.82) is 0 Å². The van der Waals surface area contributed by atoms with Gasteiger partial charge in [-0.2, -0.15) is 0 Å². The van der Waals surface area contributed by atoms with Crippen molar-refractivity contribution in [2.75, 3.05) is 13.2 Å². The Morgan fingerprint density at radius 1 is 1.35 bits per heavy atom. The predicted molar refractivity (Wildman–Crippen MR) is 90.8 cm³/mol. The molecular weight excluding hydrogens is 310 g/mol. The maximum absolute atomic E-state index is 13.1. The van der Waals surface area contributed by atoms with Gasteiger partial charge in [-0.25, -0.2) is 4.79 Å². The number of piperidine rings is 1.